The van der Waals surface area contributed by atoms with Gasteiger partial charge in [0.1, 0.15) is 11.2 Å². The normalized spacial score (nSPS) is 11.3. The lowest BCUT2D eigenvalue weighted by Gasteiger charge is -2.09. The van der Waals surface area contributed by atoms with Crippen molar-refractivity contribution in [1.82, 2.24) is 4.57 Å². The van der Waals surface area contributed by atoms with E-state index in [2.05, 4.69) is 170 Å². The fourth-order valence-electron chi connectivity index (χ4n) is 6.65. The van der Waals surface area contributed by atoms with Gasteiger partial charge in [0.25, 0.3) is 0 Å². The van der Waals surface area contributed by atoms with Crippen molar-refractivity contribution < 1.29 is 4.42 Å². The first kappa shape index (κ1) is 29.5. The summed E-state index contributed by atoms with van der Waals surface area (Å²) in [5, 5.41) is 4.77. The van der Waals surface area contributed by atoms with Gasteiger partial charge in [0.05, 0.1) is 11.0 Å². The smallest absolute Gasteiger partial charge is 0.135 e. The Labute approximate surface area is 281 Å². The van der Waals surface area contributed by atoms with Crippen LogP contribution in [0.15, 0.2) is 168 Å². The Hall–Kier alpha value is -5.86. The van der Waals surface area contributed by atoms with E-state index in [1.165, 1.54) is 68.0 Å². The van der Waals surface area contributed by atoms with Gasteiger partial charge in [-0.1, -0.05) is 130 Å². The fourth-order valence-corrected chi connectivity index (χ4v) is 6.65. The summed E-state index contributed by atoms with van der Waals surface area (Å²) in [5.74, 6) is 0. The summed E-state index contributed by atoms with van der Waals surface area (Å²) in [6.45, 7) is 4.36. The van der Waals surface area contributed by atoms with Crippen LogP contribution in [-0.4, -0.2) is 4.57 Å². The van der Waals surface area contributed by atoms with Crippen LogP contribution in [0.25, 0.3) is 82.8 Å². The monoisotopic (exact) mass is 619 g/mol. The van der Waals surface area contributed by atoms with Gasteiger partial charge < -0.3 is 8.98 Å². The minimum atomic E-state index is 0.916. The number of para-hydroxylation sites is 2. The summed E-state index contributed by atoms with van der Waals surface area (Å²) < 4.78 is 8.49. The lowest BCUT2D eigenvalue weighted by molar-refractivity contribution is 0.669. The lowest BCUT2D eigenvalue weighted by Crippen LogP contribution is -1.93. The number of aromatic nitrogens is 1. The Morgan fingerprint density at radius 1 is 0.375 bits per heavy atom. The summed E-state index contributed by atoms with van der Waals surface area (Å²) in [4.78, 5) is 0. The van der Waals surface area contributed by atoms with E-state index in [4.69, 9.17) is 4.42 Å². The zero-order valence-corrected chi connectivity index (χ0v) is 27.4. The van der Waals surface area contributed by atoms with Crippen LogP contribution in [0.5, 0.6) is 0 Å². The Morgan fingerprint density at radius 3 is 1.50 bits per heavy atom. The average Bonchev–Trinajstić information content (AvgIpc) is 3.70. The molecule has 9 rings (SSSR count). The quantitative estimate of drug-likeness (QED) is 0.187. The molecule has 9 aromatic rings. The SMILES string of the molecule is CCCC.c1ccc(-c2cccc(-c3ccc4c(c3)c3cc(-c5ccc6oc7ccccc7c6c5)ccc3n4-c3ccccc3)c2)cc1. The van der Waals surface area contributed by atoms with Gasteiger partial charge in [-0.15, -0.1) is 0 Å². The van der Waals surface area contributed by atoms with Crippen LogP contribution in [-0.2, 0) is 0 Å². The van der Waals surface area contributed by atoms with Gasteiger partial charge in [0.2, 0.25) is 0 Å². The van der Waals surface area contributed by atoms with Crippen LogP contribution in [0.2, 0.25) is 0 Å². The highest BCUT2D eigenvalue weighted by Crippen LogP contribution is 2.39. The number of rotatable bonds is 5. The van der Waals surface area contributed by atoms with Crippen LogP contribution in [0.1, 0.15) is 26.7 Å². The first-order valence-corrected chi connectivity index (χ1v) is 16.9. The highest BCUT2D eigenvalue weighted by molar-refractivity contribution is 6.12. The first-order chi connectivity index (χ1) is 23.7. The predicted octanol–water partition coefficient (Wildman–Crippen LogP) is 13.5. The molecule has 0 aliphatic carbocycles. The Bertz CT molecular complexity index is 2520. The Balaban J connectivity index is 0.000000799. The van der Waals surface area contributed by atoms with E-state index < -0.39 is 0 Å². The van der Waals surface area contributed by atoms with Crippen LogP contribution >= 0.6 is 0 Å². The highest BCUT2D eigenvalue weighted by atomic mass is 16.3. The highest BCUT2D eigenvalue weighted by Gasteiger charge is 2.16. The molecule has 0 radical (unpaired) electrons. The van der Waals surface area contributed by atoms with E-state index in [0.717, 1.165) is 27.6 Å². The maximum absolute atomic E-state index is 6.11. The first-order valence-electron chi connectivity index (χ1n) is 16.9. The van der Waals surface area contributed by atoms with Gasteiger partial charge in [-0.25, -0.2) is 0 Å². The number of benzene rings is 7. The van der Waals surface area contributed by atoms with Crippen LogP contribution < -0.4 is 0 Å². The number of fused-ring (bicyclic) bond motifs is 6. The van der Waals surface area contributed by atoms with E-state index in [1.807, 2.05) is 12.1 Å². The minimum absolute atomic E-state index is 0.916. The molecule has 0 aliphatic heterocycles. The molecule has 0 unspecified atom stereocenters. The van der Waals surface area contributed by atoms with Crippen molar-refractivity contribution in [1.29, 1.82) is 0 Å². The Kier molecular flexibility index (Phi) is 7.84. The summed E-state index contributed by atoms with van der Waals surface area (Å²) >= 11 is 0. The van der Waals surface area contributed by atoms with Crippen LogP contribution in [0.3, 0.4) is 0 Å². The van der Waals surface area contributed by atoms with Crippen molar-refractivity contribution in [2.45, 2.75) is 26.7 Å². The summed E-state index contributed by atoms with van der Waals surface area (Å²) in [6.07, 6.45) is 2.64. The fraction of sp³-hybridized carbons (Fsp3) is 0.0870. The average molecular weight is 620 g/mol. The zero-order valence-electron chi connectivity index (χ0n) is 27.4. The molecule has 0 atom stereocenters. The summed E-state index contributed by atoms with van der Waals surface area (Å²) in [7, 11) is 0. The molecule has 48 heavy (non-hydrogen) atoms. The van der Waals surface area contributed by atoms with E-state index in [1.54, 1.807) is 0 Å². The third-order valence-corrected chi connectivity index (χ3v) is 9.29. The van der Waals surface area contributed by atoms with Gasteiger partial charge in [-0.3, -0.25) is 0 Å². The van der Waals surface area contributed by atoms with Gasteiger partial charge in [-0.05, 0) is 94.0 Å². The number of hydrogen-bond donors (Lipinski definition) is 0. The molecule has 2 nitrogen and oxygen atoms in total. The van der Waals surface area contributed by atoms with E-state index >= 15 is 0 Å². The van der Waals surface area contributed by atoms with Crippen LogP contribution in [0, 0.1) is 0 Å². The largest absolute Gasteiger partial charge is 0.456 e. The van der Waals surface area contributed by atoms with Crippen molar-refractivity contribution in [3.63, 3.8) is 0 Å². The van der Waals surface area contributed by atoms with Crippen molar-refractivity contribution in [3.05, 3.63) is 164 Å². The lowest BCUT2D eigenvalue weighted by atomic mass is 9.97. The maximum Gasteiger partial charge on any atom is 0.135 e. The second kappa shape index (κ2) is 12.7. The molecule has 7 aromatic carbocycles. The molecule has 0 aliphatic rings. The molecule has 0 N–H and O–H groups in total. The second-order valence-corrected chi connectivity index (χ2v) is 12.4. The van der Waals surface area contributed by atoms with Gasteiger partial charge in [0.15, 0.2) is 0 Å². The molecule has 0 spiro atoms. The predicted molar refractivity (Wildman–Crippen MR) is 205 cm³/mol. The van der Waals surface area contributed by atoms with Crippen molar-refractivity contribution >= 4 is 43.7 Å². The van der Waals surface area contributed by atoms with E-state index in [0.29, 0.717) is 0 Å². The summed E-state index contributed by atoms with van der Waals surface area (Å²) in [5.41, 5.74) is 12.6. The van der Waals surface area contributed by atoms with Crippen LogP contribution in [0.4, 0.5) is 0 Å². The molecule has 0 saturated carbocycles. The molecule has 232 valence electrons. The minimum Gasteiger partial charge on any atom is -0.456 e. The van der Waals surface area contributed by atoms with Crippen molar-refractivity contribution in [2.24, 2.45) is 0 Å². The molecule has 0 fully saturated rings. The van der Waals surface area contributed by atoms with E-state index in [9.17, 15) is 0 Å². The summed E-state index contributed by atoms with van der Waals surface area (Å²) in [6, 6.07) is 58.6. The number of furan rings is 1. The Morgan fingerprint density at radius 2 is 0.854 bits per heavy atom. The molecule has 2 heterocycles. The molecular formula is C46H37NO. The molecule has 0 amide bonds. The second-order valence-electron chi connectivity index (χ2n) is 12.4. The maximum atomic E-state index is 6.11. The van der Waals surface area contributed by atoms with Crippen molar-refractivity contribution in [3.8, 4) is 39.1 Å². The topological polar surface area (TPSA) is 18.1 Å². The molecular weight excluding hydrogens is 583 g/mol. The standard InChI is InChI=1S/C42H27NO.C4H10/c1-3-10-28(11-4-1)29-12-9-13-30(24-29)31-18-21-39-36(25-31)37-26-32(19-22-40(37)43(39)34-14-5-2-6-15-34)33-20-23-42-38(27-33)35-16-7-8-17-41(35)44-42;1-3-4-2/h1-27H;3-4H2,1-2H3. The zero-order chi connectivity index (χ0) is 32.5. The third-order valence-electron chi connectivity index (χ3n) is 9.29. The molecule has 2 heteroatoms. The van der Waals surface area contributed by atoms with Gasteiger partial charge in [-0.2, -0.15) is 0 Å². The molecule has 2 aromatic heterocycles. The van der Waals surface area contributed by atoms with E-state index in [-0.39, 0.29) is 0 Å². The number of nitrogens with zero attached hydrogens (tertiary/aromatic N) is 1. The van der Waals surface area contributed by atoms with Crippen molar-refractivity contribution in [2.75, 3.05) is 0 Å². The van der Waals surface area contributed by atoms with Gasteiger partial charge in [0, 0.05) is 27.2 Å². The number of hydrogen-bond acceptors (Lipinski definition) is 1. The molecule has 0 bridgehead atoms. The molecule has 0 saturated heterocycles. The third kappa shape index (κ3) is 5.36. The van der Waals surface area contributed by atoms with Gasteiger partial charge >= 0.3 is 0 Å². The number of unbranched alkanes of at least 4 members (excludes halogenated alkanes) is 1.